The van der Waals surface area contributed by atoms with Gasteiger partial charge in [-0.15, -0.1) is 0 Å². The minimum atomic E-state index is -0.529. The van der Waals surface area contributed by atoms with E-state index in [9.17, 15) is 10.1 Å². The molecule has 0 bridgehead atoms. The Morgan fingerprint density at radius 3 is 2.55 bits per heavy atom. The predicted molar refractivity (Wildman–Crippen MR) is 88.6 cm³/mol. The van der Waals surface area contributed by atoms with Crippen LogP contribution in [0.4, 0.5) is 11.5 Å². The smallest absolute Gasteiger partial charge is 0.260 e. The van der Waals surface area contributed by atoms with Crippen molar-refractivity contribution >= 4 is 64.1 Å². The number of aromatic nitrogens is 1. The number of anilines is 1. The molecule has 0 atom stereocenters. The zero-order valence-corrected chi connectivity index (χ0v) is 13.6. The van der Waals surface area contributed by atoms with E-state index >= 15 is 0 Å². The second-order valence-corrected chi connectivity index (χ2v) is 5.50. The normalized spacial score (nSPS) is 10.9. The average molecular weight is 380 g/mol. The molecule has 6 nitrogen and oxygen atoms in total. The summed E-state index contributed by atoms with van der Waals surface area (Å²) in [5, 5.41) is 15.4. The molecule has 0 aliphatic heterocycles. The average Bonchev–Trinajstić information content (AvgIpc) is 2.46. The molecule has 1 aromatic carbocycles. The van der Waals surface area contributed by atoms with Crippen LogP contribution < -0.4 is 5.43 Å². The number of pyridine rings is 1. The molecule has 0 fully saturated rings. The van der Waals surface area contributed by atoms with Gasteiger partial charge in [0.05, 0.1) is 21.2 Å². The number of nitrogens with one attached hydrogen (secondary N) is 1. The number of non-ortho nitro benzene ring substituents is 1. The minimum absolute atomic E-state index is 0.0668. The SMILES string of the molecule is O=[N+]([O-])c1ccc(Cl)c(C=NNc2nc(Cl)c(Cl)cc2Cl)c1. The number of hydrogen-bond donors (Lipinski definition) is 1. The highest BCUT2D eigenvalue weighted by molar-refractivity contribution is 6.42. The number of halogens is 4. The molecule has 22 heavy (non-hydrogen) atoms. The summed E-state index contributed by atoms with van der Waals surface area (Å²) in [6.45, 7) is 0. The van der Waals surface area contributed by atoms with Crippen molar-refractivity contribution in [1.29, 1.82) is 0 Å². The maximum atomic E-state index is 10.7. The molecule has 1 N–H and O–H groups in total. The van der Waals surface area contributed by atoms with Gasteiger partial charge in [-0.25, -0.2) is 4.98 Å². The molecule has 0 saturated heterocycles. The Kier molecular flexibility index (Phi) is 5.42. The molecule has 0 unspecified atom stereocenters. The van der Waals surface area contributed by atoms with Crippen LogP contribution in [0.3, 0.4) is 0 Å². The first kappa shape index (κ1) is 16.8. The summed E-state index contributed by atoms with van der Waals surface area (Å²) in [4.78, 5) is 14.1. The van der Waals surface area contributed by atoms with Crippen molar-refractivity contribution in [3.63, 3.8) is 0 Å². The fourth-order valence-corrected chi connectivity index (χ4v) is 2.14. The van der Waals surface area contributed by atoms with Crippen molar-refractivity contribution in [3.8, 4) is 0 Å². The number of rotatable bonds is 4. The van der Waals surface area contributed by atoms with E-state index in [4.69, 9.17) is 46.4 Å². The molecule has 0 saturated carbocycles. The quantitative estimate of drug-likeness (QED) is 0.349. The number of nitro groups is 1. The van der Waals surface area contributed by atoms with Crippen LogP contribution in [-0.2, 0) is 0 Å². The monoisotopic (exact) mass is 378 g/mol. The lowest BCUT2D eigenvalue weighted by atomic mass is 10.2. The number of nitro benzene ring substituents is 1. The van der Waals surface area contributed by atoms with Crippen LogP contribution in [0.25, 0.3) is 0 Å². The fraction of sp³-hybridized carbons (Fsp3) is 0. The molecule has 0 aliphatic carbocycles. The Hall–Kier alpha value is -1.60. The second kappa shape index (κ2) is 7.11. The summed E-state index contributed by atoms with van der Waals surface area (Å²) in [5.74, 6) is 0.189. The van der Waals surface area contributed by atoms with Crippen molar-refractivity contribution in [2.45, 2.75) is 0 Å². The lowest BCUT2D eigenvalue weighted by molar-refractivity contribution is -0.384. The maximum Gasteiger partial charge on any atom is 0.270 e. The Bertz CT molecular complexity index is 767. The molecule has 114 valence electrons. The van der Waals surface area contributed by atoms with Crippen LogP contribution in [0, 0.1) is 10.1 Å². The van der Waals surface area contributed by atoms with Gasteiger partial charge in [-0.1, -0.05) is 46.4 Å². The summed E-state index contributed by atoms with van der Waals surface area (Å²) in [6, 6.07) is 5.41. The lowest BCUT2D eigenvalue weighted by Gasteiger charge is -2.04. The molecular formula is C12H6Cl4N4O2. The van der Waals surface area contributed by atoms with Gasteiger partial charge in [0.25, 0.3) is 5.69 Å². The third-order valence-corrected chi connectivity index (χ3v) is 3.76. The minimum Gasteiger partial charge on any atom is -0.260 e. The van der Waals surface area contributed by atoms with E-state index in [1.807, 2.05) is 0 Å². The highest BCUT2D eigenvalue weighted by Crippen LogP contribution is 2.28. The largest absolute Gasteiger partial charge is 0.270 e. The summed E-state index contributed by atoms with van der Waals surface area (Å²) >= 11 is 23.4. The van der Waals surface area contributed by atoms with E-state index < -0.39 is 4.92 Å². The fourth-order valence-electron chi connectivity index (χ4n) is 1.43. The molecule has 0 amide bonds. The first-order valence-corrected chi connectivity index (χ1v) is 7.14. The van der Waals surface area contributed by atoms with Gasteiger partial charge in [0.15, 0.2) is 5.82 Å². The van der Waals surface area contributed by atoms with Crippen molar-refractivity contribution in [3.05, 3.63) is 60.2 Å². The van der Waals surface area contributed by atoms with E-state index in [0.29, 0.717) is 10.6 Å². The Morgan fingerprint density at radius 2 is 1.86 bits per heavy atom. The van der Waals surface area contributed by atoms with Crippen LogP contribution in [0.5, 0.6) is 0 Å². The number of hydrogen-bond acceptors (Lipinski definition) is 5. The van der Waals surface area contributed by atoms with Gasteiger partial charge in [0.1, 0.15) is 5.15 Å². The van der Waals surface area contributed by atoms with Crippen molar-refractivity contribution in [1.82, 2.24) is 4.98 Å². The van der Waals surface area contributed by atoms with Crippen molar-refractivity contribution in [2.75, 3.05) is 5.43 Å². The Balaban J connectivity index is 2.21. The molecule has 1 aromatic heterocycles. The molecule has 2 rings (SSSR count). The summed E-state index contributed by atoms with van der Waals surface area (Å²) < 4.78 is 0. The standard InChI is InChI=1S/C12H6Cl4N4O2/c13-8-2-1-7(20(21)22)3-6(8)5-17-19-12-10(15)4-9(14)11(16)18-12/h1-5H,(H,18,19). The number of hydrazone groups is 1. The van der Waals surface area contributed by atoms with Crippen LogP contribution in [-0.4, -0.2) is 16.1 Å². The Morgan fingerprint density at radius 1 is 1.14 bits per heavy atom. The van der Waals surface area contributed by atoms with Crippen LogP contribution in [0.2, 0.25) is 20.2 Å². The van der Waals surface area contributed by atoms with E-state index in [0.717, 1.165) is 0 Å². The number of benzene rings is 1. The van der Waals surface area contributed by atoms with Gasteiger partial charge in [-0.3, -0.25) is 15.5 Å². The van der Waals surface area contributed by atoms with E-state index in [1.54, 1.807) is 0 Å². The van der Waals surface area contributed by atoms with Crippen molar-refractivity contribution < 1.29 is 4.92 Å². The molecule has 10 heteroatoms. The van der Waals surface area contributed by atoms with Crippen LogP contribution in [0.1, 0.15) is 5.56 Å². The van der Waals surface area contributed by atoms with Crippen molar-refractivity contribution in [2.24, 2.45) is 5.10 Å². The van der Waals surface area contributed by atoms with E-state index in [-0.39, 0.29) is 26.7 Å². The first-order valence-electron chi connectivity index (χ1n) is 5.63. The molecule has 0 spiro atoms. The topological polar surface area (TPSA) is 80.4 Å². The third-order valence-electron chi connectivity index (χ3n) is 2.45. The van der Waals surface area contributed by atoms with E-state index in [1.165, 1.54) is 30.5 Å². The van der Waals surface area contributed by atoms with Crippen LogP contribution >= 0.6 is 46.4 Å². The van der Waals surface area contributed by atoms with Gasteiger partial charge >= 0.3 is 0 Å². The number of nitrogens with zero attached hydrogens (tertiary/aromatic N) is 3. The zero-order chi connectivity index (χ0) is 16.3. The molecule has 2 aromatic rings. The van der Waals surface area contributed by atoms with Gasteiger partial charge in [0.2, 0.25) is 0 Å². The molecular weight excluding hydrogens is 374 g/mol. The second-order valence-electron chi connectivity index (χ2n) is 3.92. The molecule has 1 heterocycles. The first-order chi connectivity index (χ1) is 10.4. The summed E-state index contributed by atoms with van der Waals surface area (Å²) in [5.41, 5.74) is 2.82. The van der Waals surface area contributed by atoms with E-state index in [2.05, 4.69) is 15.5 Å². The summed E-state index contributed by atoms with van der Waals surface area (Å²) in [6.07, 6.45) is 1.30. The van der Waals surface area contributed by atoms with Gasteiger partial charge in [0, 0.05) is 22.7 Å². The maximum absolute atomic E-state index is 10.7. The zero-order valence-electron chi connectivity index (χ0n) is 10.6. The van der Waals surface area contributed by atoms with Crippen LogP contribution in [0.15, 0.2) is 29.4 Å². The summed E-state index contributed by atoms with van der Waals surface area (Å²) in [7, 11) is 0. The van der Waals surface area contributed by atoms with Gasteiger partial charge in [-0.2, -0.15) is 5.10 Å². The third kappa shape index (κ3) is 3.98. The van der Waals surface area contributed by atoms with Gasteiger partial charge in [-0.05, 0) is 12.1 Å². The van der Waals surface area contributed by atoms with Gasteiger partial charge < -0.3 is 0 Å². The molecule has 0 aliphatic rings. The molecule has 0 radical (unpaired) electrons. The highest BCUT2D eigenvalue weighted by Gasteiger charge is 2.09. The highest BCUT2D eigenvalue weighted by atomic mass is 35.5. The predicted octanol–water partition coefficient (Wildman–Crippen LogP) is 5.05. The Labute approximate surface area is 144 Å². The lowest BCUT2D eigenvalue weighted by Crippen LogP contribution is -1.96.